The van der Waals surface area contributed by atoms with E-state index in [0.29, 0.717) is 17.9 Å². The Morgan fingerprint density at radius 1 is 1.17 bits per heavy atom. The average molecular weight is 390 g/mol. The van der Waals surface area contributed by atoms with Gasteiger partial charge in [0.25, 0.3) is 5.91 Å². The lowest BCUT2D eigenvalue weighted by Gasteiger charge is -2.10. The normalized spacial score (nSPS) is 10.9. The van der Waals surface area contributed by atoms with E-state index in [4.69, 9.17) is 4.74 Å². The lowest BCUT2D eigenvalue weighted by molar-refractivity contribution is 0.0526. The zero-order valence-corrected chi connectivity index (χ0v) is 16.5. The van der Waals surface area contributed by atoms with Crippen LogP contribution in [0.4, 0.5) is 0 Å². The van der Waals surface area contributed by atoms with Crippen molar-refractivity contribution in [1.29, 1.82) is 0 Å². The molecule has 0 saturated heterocycles. The van der Waals surface area contributed by atoms with Crippen molar-refractivity contribution in [3.05, 3.63) is 82.9 Å². The maximum atomic E-state index is 12.0. The molecule has 1 aromatic carbocycles. The second-order valence-electron chi connectivity index (χ2n) is 6.34. The van der Waals surface area contributed by atoms with Crippen molar-refractivity contribution in [3.8, 4) is 5.69 Å². The number of aromatic nitrogens is 2. The molecule has 148 valence electrons. The summed E-state index contributed by atoms with van der Waals surface area (Å²) in [4.78, 5) is 27.8. The number of carbonyl (C=O) groups is 2. The van der Waals surface area contributed by atoms with Crippen LogP contribution in [0.5, 0.6) is 0 Å². The minimum Gasteiger partial charge on any atom is -0.462 e. The van der Waals surface area contributed by atoms with Gasteiger partial charge in [-0.25, -0.2) is 10.2 Å². The van der Waals surface area contributed by atoms with Gasteiger partial charge in [-0.1, -0.05) is 6.07 Å². The Morgan fingerprint density at radius 2 is 1.93 bits per heavy atom. The van der Waals surface area contributed by atoms with Gasteiger partial charge >= 0.3 is 5.97 Å². The summed E-state index contributed by atoms with van der Waals surface area (Å²) < 4.78 is 7.07. The Kier molecular flexibility index (Phi) is 6.19. The third-order valence-corrected chi connectivity index (χ3v) is 4.37. The van der Waals surface area contributed by atoms with Crippen molar-refractivity contribution >= 4 is 18.1 Å². The lowest BCUT2D eigenvalue weighted by atomic mass is 10.2. The molecule has 3 rings (SSSR count). The molecular weight excluding hydrogens is 368 g/mol. The number of esters is 1. The summed E-state index contributed by atoms with van der Waals surface area (Å²) in [5, 5.41) is 4.05. The van der Waals surface area contributed by atoms with Gasteiger partial charge in [-0.15, -0.1) is 0 Å². The van der Waals surface area contributed by atoms with Crippen LogP contribution >= 0.6 is 0 Å². The zero-order valence-electron chi connectivity index (χ0n) is 16.5. The molecule has 3 aromatic rings. The monoisotopic (exact) mass is 390 g/mol. The van der Waals surface area contributed by atoms with Crippen LogP contribution in [0.2, 0.25) is 0 Å². The number of aryl methyl sites for hydroxylation is 1. The Labute approximate surface area is 169 Å². The quantitative estimate of drug-likeness (QED) is 0.397. The predicted molar refractivity (Wildman–Crippen MR) is 110 cm³/mol. The molecule has 29 heavy (non-hydrogen) atoms. The van der Waals surface area contributed by atoms with Crippen LogP contribution in [0.3, 0.4) is 0 Å². The van der Waals surface area contributed by atoms with E-state index in [1.807, 2.05) is 32.0 Å². The van der Waals surface area contributed by atoms with Gasteiger partial charge < -0.3 is 9.30 Å². The fourth-order valence-electron chi connectivity index (χ4n) is 2.99. The molecular formula is C22H22N4O3. The van der Waals surface area contributed by atoms with Crippen LogP contribution in [-0.2, 0) is 4.74 Å². The van der Waals surface area contributed by atoms with Gasteiger partial charge in [-0.3, -0.25) is 9.78 Å². The molecule has 2 aromatic heterocycles. The van der Waals surface area contributed by atoms with E-state index in [1.165, 1.54) is 0 Å². The lowest BCUT2D eigenvalue weighted by Crippen LogP contribution is -2.18. The molecule has 0 aliphatic rings. The number of benzene rings is 1. The van der Waals surface area contributed by atoms with Crippen LogP contribution < -0.4 is 5.43 Å². The van der Waals surface area contributed by atoms with Crippen LogP contribution in [0.25, 0.3) is 5.69 Å². The maximum Gasteiger partial charge on any atom is 0.338 e. The fourth-order valence-corrected chi connectivity index (χ4v) is 2.99. The Morgan fingerprint density at radius 3 is 2.59 bits per heavy atom. The number of ether oxygens (including phenoxy) is 1. The molecule has 0 bridgehead atoms. The summed E-state index contributed by atoms with van der Waals surface area (Å²) in [7, 11) is 0. The molecule has 0 spiro atoms. The van der Waals surface area contributed by atoms with E-state index < -0.39 is 0 Å². The second-order valence-corrected chi connectivity index (χ2v) is 6.34. The summed E-state index contributed by atoms with van der Waals surface area (Å²) in [6.07, 6.45) is 3.16. The van der Waals surface area contributed by atoms with Crippen LogP contribution in [0, 0.1) is 13.8 Å². The van der Waals surface area contributed by atoms with Gasteiger partial charge in [-0.2, -0.15) is 5.10 Å². The number of nitrogens with zero attached hydrogens (tertiary/aromatic N) is 3. The Bertz CT molecular complexity index is 1040. The third kappa shape index (κ3) is 4.57. The van der Waals surface area contributed by atoms with Gasteiger partial charge in [0.1, 0.15) is 5.69 Å². The molecule has 7 nitrogen and oxygen atoms in total. The van der Waals surface area contributed by atoms with Gasteiger partial charge in [0.15, 0.2) is 0 Å². The molecule has 1 amide bonds. The van der Waals surface area contributed by atoms with Crippen LogP contribution in [0.15, 0.2) is 59.8 Å². The Hall–Kier alpha value is -3.74. The molecule has 1 N–H and O–H groups in total. The topological polar surface area (TPSA) is 85.6 Å². The molecule has 2 heterocycles. The largest absolute Gasteiger partial charge is 0.462 e. The number of nitrogens with one attached hydrogen (secondary N) is 1. The molecule has 0 aliphatic carbocycles. The SMILES string of the molecule is CCOC(=O)c1ccc(-n2c(C)cc(/C=N\NC(=O)c3ccccn3)c2C)cc1. The van der Waals surface area contributed by atoms with Gasteiger partial charge in [0.05, 0.1) is 18.4 Å². The molecule has 0 aliphatic heterocycles. The molecule has 0 fully saturated rings. The summed E-state index contributed by atoms with van der Waals surface area (Å²) in [5.74, 6) is -0.707. The van der Waals surface area contributed by atoms with Crippen molar-refractivity contribution in [1.82, 2.24) is 15.0 Å². The number of rotatable bonds is 6. The van der Waals surface area contributed by atoms with Crippen molar-refractivity contribution < 1.29 is 14.3 Å². The Balaban J connectivity index is 1.76. The predicted octanol–water partition coefficient (Wildman–Crippen LogP) is 3.43. The molecule has 0 radical (unpaired) electrons. The fraction of sp³-hybridized carbons (Fsp3) is 0.182. The van der Waals surface area contributed by atoms with E-state index in [2.05, 4.69) is 20.1 Å². The molecule has 0 atom stereocenters. The molecule has 7 heteroatoms. The van der Waals surface area contributed by atoms with Crippen molar-refractivity contribution in [2.24, 2.45) is 5.10 Å². The van der Waals surface area contributed by atoms with Gasteiger partial charge in [-0.05, 0) is 63.2 Å². The smallest absolute Gasteiger partial charge is 0.338 e. The third-order valence-electron chi connectivity index (χ3n) is 4.37. The first-order valence-electron chi connectivity index (χ1n) is 9.22. The summed E-state index contributed by atoms with van der Waals surface area (Å²) >= 11 is 0. The van der Waals surface area contributed by atoms with E-state index in [0.717, 1.165) is 22.6 Å². The van der Waals surface area contributed by atoms with E-state index >= 15 is 0 Å². The molecule has 0 unspecified atom stereocenters. The summed E-state index contributed by atoms with van der Waals surface area (Å²) in [6, 6.07) is 14.3. The second kappa shape index (κ2) is 8.97. The van der Waals surface area contributed by atoms with Gasteiger partial charge in [0, 0.05) is 28.8 Å². The maximum absolute atomic E-state index is 12.0. The standard InChI is InChI=1S/C22H22N4O3/c1-4-29-22(28)17-8-10-19(11-9-17)26-15(2)13-18(16(26)3)14-24-25-21(27)20-7-5-6-12-23-20/h5-14H,4H2,1-3H3,(H,25,27)/b24-14-. The number of pyridine rings is 1. The highest BCUT2D eigenvalue weighted by Crippen LogP contribution is 2.20. The number of hydrogen-bond donors (Lipinski definition) is 1. The van der Waals surface area contributed by atoms with E-state index in [1.54, 1.807) is 49.7 Å². The first kappa shape index (κ1) is 20.0. The van der Waals surface area contributed by atoms with E-state index in [9.17, 15) is 9.59 Å². The summed E-state index contributed by atoms with van der Waals surface area (Å²) in [6.45, 7) is 6.07. The number of carbonyl (C=O) groups excluding carboxylic acids is 2. The number of hydrogen-bond acceptors (Lipinski definition) is 5. The first-order chi connectivity index (χ1) is 14.0. The first-order valence-corrected chi connectivity index (χ1v) is 9.22. The minimum atomic E-state index is -0.370. The number of amides is 1. The highest BCUT2D eigenvalue weighted by Gasteiger charge is 2.12. The van der Waals surface area contributed by atoms with Crippen molar-refractivity contribution in [2.45, 2.75) is 20.8 Å². The van der Waals surface area contributed by atoms with Crippen molar-refractivity contribution in [2.75, 3.05) is 6.61 Å². The highest BCUT2D eigenvalue weighted by molar-refractivity contribution is 5.93. The van der Waals surface area contributed by atoms with E-state index in [-0.39, 0.29) is 11.9 Å². The minimum absolute atomic E-state index is 0.303. The highest BCUT2D eigenvalue weighted by atomic mass is 16.5. The van der Waals surface area contributed by atoms with Crippen LogP contribution in [-0.4, -0.2) is 34.2 Å². The summed E-state index contributed by atoms with van der Waals surface area (Å²) in [5.41, 5.74) is 7.06. The van der Waals surface area contributed by atoms with Crippen molar-refractivity contribution in [3.63, 3.8) is 0 Å². The molecule has 0 saturated carbocycles. The average Bonchev–Trinajstić information content (AvgIpc) is 3.02. The van der Waals surface area contributed by atoms with Crippen LogP contribution in [0.1, 0.15) is 44.7 Å². The number of hydrazone groups is 1. The van der Waals surface area contributed by atoms with Gasteiger partial charge in [0.2, 0.25) is 0 Å². The zero-order chi connectivity index (χ0) is 20.8.